The number of nitrogens with zero attached hydrogens (tertiary/aromatic N) is 1. The van der Waals surface area contributed by atoms with Crippen molar-refractivity contribution in [3.05, 3.63) is 93.4 Å². The highest BCUT2D eigenvalue weighted by atomic mass is 127. The fraction of sp³-hybridized carbons (Fsp3) is 0.231. The van der Waals surface area contributed by atoms with Crippen molar-refractivity contribution in [3.8, 4) is 11.4 Å². The van der Waals surface area contributed by atoms with Crippen molar-refractivity contribution < 1.29 is 13.9 Å². The quantitative estimate of drug-likeness (QED) is 0.244. The number of benzene rings is 3. The molecule has 0 N–H and O–H groups in total. The predicted molar refractivity (Wildman–Crippen MR) is 132 cm³/mol. The molecule has 0 saturated carbocycles. The van der Waals surface area contributed by atoms with E-state index in [1.807, 2.05) is 42.5 Å². The van der Waals surface area contributed by atoms with Crippen molar-refractivity contribution in [2.75, 3.05) is 13.7 Å². The number of hydrogen-bond donors (Lipinski definition) is 0. The number of rotatable bonds is 7. The molecule has 3 nitrogen and oxygen atoms in total. The van der Waals surface area contributed by atoms with Crippen LogP contribution in [0.5, 0.6) is 5.75 Å². The molecule has 0 atom stereocenters. The van der Waals surface area contributed by atoms with Gasteiger partial charge in [-0.2, -0.15) is 0 Å². The van der Waals surface area contributed by atoms with Crippen molar-refractivity contribution >= 4 is 33.5 Å². The molecule has 0 fully saturated rings. The second-order valence-electron chi connectivity index (χ2n) is 8.22. The van der Waals surface area contributed by atoms with Gasteiger partial charge in [-0.05, 0) is 64.6 Å². The van der Waals surface area contributed by atoms with E-state index in [9.17, 15) is 4.39 Å². The van der Waals surface area contributed by atoms with Crippen molar-refractivity contribution in [3.63, 3.8) is 0 Å². The highest BCUT2D eigenvalue weighted by Crippen LogP contribution is 2.42. The van der Waals surface area contributed by atoms with E-state index in [0.29, 0.717) is 13.2 Å². The number of fused-ring (bicyclic) bond motifs is 1. The number of ether oxygens (including phenoxy) is 2. The van der Waals surface area contributed by atoms with Crippen LogP contribution in [0.2, 0.25) is 0 Å². The van der Waals surface area contributed by atoms with Crippen LogP contribution in [0.3, 0.4) is 0 Å². The largest absolute Gasteiger partial charge is 0.488 e. The van der Waals surface area contributed by atoms with Gasteiger partial charge in [0.05, 0.1) is 17.5 Å². The lowest BCUT2D eigenvalue weighted by atomic mass is 9.90. The summed E-state index contributed by atoms with van der Waals surface area (Å²) < 4.78 is 28.8. The Morgan fingerprint density at radius 3 is 2.32 bits per heavy atom. The number of methoxy groups -OCH3 is 1. The first-order valence-corrected chi connectivity index (χ1v) is 11.3. The van der Waals surface area contributed by atoms with Crippen LogP contribution in [0.15, 0.2) is 72.8 Å². The molecule has 1 aromatic heterocycles. The van der Waals surface area contributed by atoms with Gasteiger partial charge in [0, 0.05) is 27.5 Å². The maximum atomic E-state index is 13.7. The minimum Gasteiger partial charge on any atom is -0.488 e. The zero-order chi connectivity index (χ0) is 22.0. The second-order valence-corrected chi connectivity index (χ2v) is 9.29. The van der Waals surface area contributed by atoms with Gasteiger partial charge in [0.2, 0.25) is 0 Å². The molecule has 0 bridgehead atoms. The van der Waals surface area contributed by atoms with E-state index >= 15 is 0 Å². The normalized spacial score (nSPS) is 11.8. The Hall–Kier alpha value is -2.38. The molecule has 4 aromatic rings. The monoisotopic (exact) mass is 529 g/mol. The van der Waals surface area contributed by atoms with Crippen LogP contribution in [0.1, 0.15) is 25.1 Å². The summed E-state index contributed by atoms with van der Waals surface area (Å²) >= 11 is 2.41. The highest BCUT2D eigenvalue weighted by Gasteiger charge is 2.31. The van der Waals surface area contributed by atoms with Gasteiger partial charge >= 0.3 is 0 Å². The third kappa shape index (κ3) is 4.34. The molecule has 0 amide bonds. The van der Waals surface area contributed by atoms with Gasteiger partial charge in [-0.1, -0.05) is 50.2 Å². The standard InChI is InChI=1S/C26H25FINO2/c1-26(2,17-30-3)25-24(28)23-21(29(25)20-14-12-19(27)13-15-20)10-7-11-22(23)31-16-18-8-5-4-6-9-18/h4-15H,16-17H2,1-3H3. The summed E-state index contributed by atoms with van der Waals surface area (Å²) in [4.78, 5) is 0. The summed E-state index contributed by atoms with van der Waals surface area (Å²) in [6.07, 6.45) is 0. The van der Waals surface area contributed by atoms with Crippen molar-refractivity contribution in [2.45, 2.75) is 25.9 Å². The number of halogens is 2. The Bertz CT molecular complexity index is 1180. The molecule has 0 saturated heterocycles. The van der Waals surface area contributed by atoms with Crippen LogP contribution in [0.4, 0.5) is 4.39 Å². The molecular formula is C26H25FINO2. The third-order valence-electron chi connectivity index (χ3n) is 5.36. The highest BCUT2D eigenvalue weighted by molar-refractivity contribution is 14.1. The number of hydrogen-bond acceptors (Lipinski definition) is 2. The molecular weight excluding hydrogens is 504 g/mol. The second kappa shape index (κ2) is 9.01. The van der Waals surface area contributed by atoms with Crippen LogP contribution in [-0.4, -0.2) is 18.3 Å². The molecule has 0 aliphatic carbocycles. The summed E-state index contributed by atoms with van der Waals surface area (Å²) in [6, 6.07) is 22.9. The fourth-order valence-electron chi connectivity index (χ4n) is 4.01. The van der Waals surface area contributed by atoms with Crippen LogP contribution >= 0.6 is 22.6 Å². The molecule has 5 heteroatoms. The Labute approximate surface area is 195 Å². The molecule has 160 valence electrons. The fourth-order valence-corrected chi connectivity index (χ4v) is 5.52. The topological polar surface area (TPSA) is 23.4 Å². The molecule has 4 rings (SSSR count). The van der Waals surface area contributed by atoms with E-state index in [1.54, 1.807) is 7.11 Å². The van der Waals surface area contributed by atoms with Gasteiger partial charge in [0.15, 0.2) is 0 Å². The van der Waals surface area contributed by atoms with Crippen molar-refractivity contribution in [2.24, 2.45) is 0 Å². The van der Waals surface area contributed by atoms with Crippen molar-refractivity contribution in [1.82, 2.24) is 4.57 Å². The average Bonchev–Trinajstić information content (AvgIpc) is 3.07. The predicted octanol–water partition coefficient (Wildman–Crippen LogP) is 6.88. The van der Waals surface area contributed by atoms with E-state index in [0.717, 1.165) is 37.2 Å². The first-order chi connectivity index (χ1) is 14.9. The Morgan fingerprint density at radius 1 is 0.935 bits per heavy atom. The lowest BCUT2D eigenvalue weighted by Crippen LogP contribution is -2.27. The molecule has 31 heavy (non-hydrogen) atoms. The zero-order valence-corrected chi connectivity index (χ0v) is 20.0. The summed E-state index contributed by atoms with van der Waals surface area (Å²) in [5.41, 5.74) is 3.91. The molecule has 0 spiro atoms. The molecule has 3 aromatic carbocycles. The summed E-state index contributed by atoms with van der Waals surface area (Å²) in [6.45, 7) is 5.38. The molecule has 0 aliphatic rings. The summed E-state index contributed by atoms with van der Waals surface area (Å²) in [5, 5.41) is 1.06. The smallest absolute Gasteiger partial charge is 0.130 e. The van der Waals surface area contributed by atoms with Gasteiger partial charge in [-0.3, -0.25) is 0 Å². The Kier molecular flexibility index (Phi) is 6.34. The van der Waals surface area contributed by atoms with E-state index in [-0.39, 0.29) is 11.2 Å². The van der Waals surface area contributed by atoms with Gasteiger partial charge in [-0.15, -0.1) is 0 Å². The molecule has 0 radical (unpaired) electrons. The van der Waals surface area contributed by atoms with Crippen LogP contribution < -0.4 is 4.74 Å². The van der Waals surface area contributed by atoms with Crippen LogP contribution in [0, 0.1) is 9.39 Å². The van der Waals surface area contributed by atoms with E-state index in [4.69, 9.17) is 9.47 Å². The molecule has 0 unspecified atom stereocenters. The van der Waals surface area contributed by atoms with Crippen LogP contribution in [-0.2, 0) is 16.8 Å². The zero-order valence-electron chi connectivity index (χ0n) is 17.9. The van der Waals surface area contributed by atoms with E-state index in [1.165, 1.54) is 12.1 Å². The Balaban J connectivity index is 1.91. The van der Waals surface area contributed by atoms with Crippen molar-refractivity contribution in [1.29, 1.82) is 0 Å². The first-order valence-electron chi connectivity index (χ1n) is 10.2. The number of aromatic nitrogens is 1. The maximum absolute atomic E-state index is 13.7. The lowest BCUT2D eigenvalue weighted by molar-refractivity contribution is 0.143. The molecule has 1 heterocycles. The van der Waals surface area contributed by atoms with E-state index in [2.05, 4.69) is 59.2 Å². The molecule has 0 aliphatic heterocycles. The van der Waals surface area contributed by atoms with E-state index < -0.39 is 0 Å². The van der Waals surface area contributed by atoms with Gasteiger partial charge in [-0.25, -0.2) is 4.39 Å². The minimum absolute atomic E-state index is 0.250. The summed E-state index contributed by atoms with van der Waals surface area (Å²) in [5.74, 6) is 0.584. The first kappa shape index (κ1) is 21.8. The lowest BCUT2D eigenvalue weighted by Gasteiger charge is -2.27. The SMILES string of the molecule is COCC(C)(C)c1c(I)c2c(OCc3ccccc3)cccc2n1-c1ccc(F)cc1. The van der Waals surface area contributed by atoms with Crippen LogP contribution in [0.25, 0.3) is 16.6 Å². The van der Waals surface area contributed by atoms with Gasteiger partial charge in [0.25, 0.3) is 0 Å². The Morgan fingerprint density at radius 2 is 1.65 bits per heavy atom. The average molecular weight is 529 g/mol. The maximum Gasteiger partial charge on any atom is 0.130 e. The third-order valence-corrected chi connectivity index (χ3v) is 6.41. The summed E-state index contributed by atoms with van der Waals surface area (Å²) in [7, 11) is 1.72. The van der Waals surface area contributed by atoms with Gasteiger partial charge in [0.1, 0.15) is 18.2 Å². The minimum atomic E-state index is -0.268. The van der Waals surface area contributed by atoms with Gasteiger partial charge < -0.3 is 14.0 Å².